The molecule has 0 unspecified atom stereocenters. The third-order valence-electron chi connectivity index (χ3n) is 4.17. The van der Waals surface area contributed by atoms with E-state index in [9.17, 15) is 13.6 Å². The molecule has 0 spiro atoms. The summed E-state index contributed by atoms with van der Waals surface area (Å²) < 4.78 is 32.5. The molecule has 0 fully saturated rings. The van der Waals surface area contributed by atoms with Crippen LogP contribution in [0.3, 0.4) is 0 Å². The smallest absolute Gasteiger partial charge is 0.280 e. The van der Waals surface area contributed by atoms with Crippen LogP contribution in [0.1, 0.15) is 42.0 Å². The molecule has 3 aromatic heterocycles. The minimum Gasteiger partial charge on any atom is -0.375 e. The number of hydrogen-bond acceptors (Lipinski definition) is 5. The summed E-state index contributed by atoms with van der Waals surface area (Å²) in [4.78, 5) is 20.4. The number of rotatable bonds is 7. The van der Waals surface area contributed by atoms with Crippen molar-refractivity contribution in [1.82, 2.24) is 19.6 Å². The molecule has 0 saturated heterocycles. The van der Waals surface area contributed by atoms with E-state index in [1.165, 1.54) is 12.3 Å². The van der Waals surface area contributed by atoms with Crippen LogP contribution in [0.15, 0.2) is 30.6 Å². The Morgan fingerprint density at radius 3 is 2.78 bits per heavy atom. The first-order chi connectivity index (χ1) is 12.9. The van der Waals surface area contributed by atoms with Gasteiger partial charge in [0.2, 0.25) is 0 Å². The summed E-state index contributed by atoms with van der Waals surface area (Å²) in [6.07, 6.45) is -0.0720. The van der Waals surface area contributed by atoms with E-state index in [0.29, 0.717) is 22.5 Å². The van der Waals surface area contributed by atoms with E-state index in [4.69, 9.17) is 16.3 Å². The molecule has 142 valence electrons. The second-order valence-electron chi connectivity index (χ2n) is 6.07. The van der Waals surface area contributed by atoms with Gasteiger partial charge in [0.05, 0.1) is 11.8 Å². The summed E-state index contributed by atoms with van der Waals surface area (Å²) in [6.45, 7) is 1.83. The Balaban J connectivity index is 1.87. The molecule has 1 atom stereocenters. The number of nitrogens with zero attached hydrogens (tertiary/aromatic N) is 4. The van der Waals surface area contributed by atoms with Crippen LogP contribution in [0.4, 0.5) is 8.78 Å². The van der Waals surface area contributed by atoms with Gasteiger partial charge in [0.15, 0.2) is 10.8 Å². The Labute approximate surface area is 159 Å². The Hall–Kier alpha value is -2.45. The van der Waals surface area contributed by atoms with Crippen LogP contribution in [0.5, 0.6) is 0 Å². The van der Waals surface area contributed by atoms with Gasteiger partial charge in [-0.25, -0.2) is 18.3 Å². The lowest BCUT2D eigenvalue weighted by Gasteiger charge is -2.16. The molecule has 27 heavy (non-hydrogen) atoms. The maximum Gasteiger partial charge on any atom is 0.280 e. The number of fused-ring (bicyclic) bond motifs is 1. The van der Waals surface area contributed by atoms with Gasteiger partial charge in [0.1, 0.15) is 11.5 Å². The maximum absolute atomic E-state index is 12.8. The normalized spacial score (nSPS) is 12.7. The zero-order valence-corrected chi connectivity index (χ0v) is 15.5. The van der Waals surface area contributed by atoms with E-state index in [1.807, 2.05) is 6.92 Å². The Kier molecular flexibility index (Phi) is 5.76. The standard InChI is InChI=1S/C18H17ClF2N4O2/c1-10(27-2)17-12(9-23-16-8-15(19)24-25(16)17)7-13(26)5-11-3-4-22-14(6-11)18(20)21/h3-4,6,8-10,18H,5,7H2,1-2H3/t10-/m0/s1. The minimum absolute atomic E-state index is 0.0148. The molecule has 0 bridgehead atoms. The zero-order chi connectivity index (χ0) is 19.6. The van der Waals surface area contributed by atoms with Gasteiger partial charge in [-0.3, -0.25) is 9.78 Å². The summed E-state index contributed by atoms with van der Waals surface area (Å²) >= 11 is 5.96. The van der Waals surface area contributed by atoms with Crippen molar-refractivity contribution in [3.05, 3.63) is 58.3 Å². The van der Waals surface area contributed by atoms with Gasteiger partial charge < -0.3 is 4.74 Å². The number of aromatic nitrogens is 4. The van der Waals surface area contributed by atoms with Crippen LogP contribution >= 0.6 is 11.6 Å². The van der Waals surface area contributed by atoms with Crippen molar-refractivity contribution in [2.45, 2.75) is 32.3 Å². The van der Waals surface area contributed by atoms with Gasteiger partial charge in [-0.2, -0.15) is 5.10 Å². The van der Waals surface area contributed by atoms with Crippen LogP contribution in [-0.4, -0.2) is 32.5 Å². The second kappa shape index (κ2) is 8.06. The largest absolute Gasteiger partial charge is 0.375 e. The summed E-state index contributed by atoms with van der Waals surface area (Å²) in [7, 11) is 1.55. The third kappa shape index (κ3) is 4.28. The first kappa shape index (κ1) is 19.3. The van der Waals surface area contributed by atoms with Gasteiger partial charge >= 0.3 is 0 Å². The number of alkyl halides is 2. The number of hydrogen-bond donors (Lipinski definition) is 0. The molecule has 0 radical (unpaired) electrons. The quantitative estimate of drug-likeness (QED) is 0.610. The van der Waals surface area contributed by atoms with Crippen molar-refractivity contribution in [2.24, 2.45) is 0 Å². The second-order valence-corrected chi connectivity index (χ2v) is 6.45. The van der Waals surface area contributed by atoms with Crippen molar-refractivity contribution < 1.29 is 18.3 Å². The summed E-state index contributed by atoms with van der Waals surface area (Å²) in [6, 6.07) is 4.41. The highest BCUT2D eigenvalue weighted by atomic mass is 35.5. The Morgan fingerprint density at radius 1 is 1.30 bits per heavy atom. The van der Waals surface area contributed by atoms with E-state index in [-0.39, 0.29) is 35.6 Å². The van der Waals surface area contributed by atoms with Crippen molar-refractivity contribution in [1.29, 1.82) is 0 Å². The molecule has 9 heteroatoms. The van der Waals surface area contributed by atoms with Crippen LogP contribution in [-0.2, 0) is 22.4 Å². The first-order valence-corrected chi connectivity index (χ1v) is 8.57. The predicted molar refractivity (Wildman–Crippen MR) is 95.0 cm³/mol. The molecule has 0 amide bonds. The number of carbonyl (C=O) groups is 1. The van der Waals surface area contributed by atoms with E-state index in [1.54, 1.807) is 30.0 Å². The van der Waals surface area contributed by atoms with E-state index < -0.39 is 6.43 Å². The van der Waals surface area contributed by atoms with E-state index in [2.05, 4.69) is 15.1 Å². The van der Waals surface area contributed by atoms with Crippen LogP contribution in [0.25, 0.3) is 5.65 Å². The van der Waals surface area contributed by atoms with Gasteiger partial charge in [-0.15, -0.1) is 0 Å². The predicted octanol–water partition coefficient (Wildman–Crippen LogP) is 3.78. The van der Waals surface area contributed by atoms with Gasteiger partial charge in [-0.1, -0.05) is 11.6 Å². The topological polar surface area (TPSA) is 69.4 Å². The number of carbonyl (C=O) groups excluding carboxylic acids is 1. The highest BCUT2D eigenvalue weighted by Gasteiger charge is 2.19. The van der Waals surface area contributed by atoms with Crippen molar-refractivity contribution in [2.75, 3.05) is 7.11 Å². The molecular formula is C18H17ClF2N4O2. The molecular weight excluding hydrogens is 378 g/mol. The average molecular weight is 395 g/mol. The van der Waals surface area contributed by atoms with Crippen LogP contribution in [0.2, 0.25) is 5.15 Å². The summed E-state index contributed by atoms with van der Waals surface area (Å²) in [5, 5.41) is 4.49. The number of ether oxygens (including phenoxy) is 1. The van der Waals surface area contributed by atoms with Crippen LogP contribution < -0.4 is 0 Å². The van der Waals surface area contributed by atoms with Crippen molar-refractivity contribution in [3.63, 3.8) is 0 Å². The van der Waals surface area contributed by atoms with Crippen molar-refractivity contribution in [3.8, 4) is 0 Å². The molecule has 0 aliphatic carbocycles. The Bertz CT molecular complexity index is 977. The number of Topliss-reactive ketones (excluding diaryl/α,β-unsaturated/α-hetero) is 1. The SMILES string of the molecule is CO[C@@H](C)c1c(CC(=O)Cc2ccnc(C(F)F)c2)cnc2cc(Cl)nn12. The number of methoxy groups -OCH3 is 1. The molecule has 0 aromatic carbocycles. The van der Waals surface area contributed by atoms with Crippen molar-refractivity contribution >= 4 is 23.0 Å². The fraction of sp³-hybridized carbons (Fsp3) is 0.333. The monoisotopic (exact) mass is 394 g/mol. The molecule has 0 N–H and O–H groups in total. The molecule has 3 rings (SSSR count). The minimum atomic E-state index is -2.68. The molecule has 3 heterocycles. The summed E-state index contributed by atoms with van der Waals surface area (Å²) in [5.41, 5.74) is 2.01. The summed E-state index contributed by atoms with van der Waals surface area (Å²) in [5.74, 6) is -0.148. The number of ketones is 1. The highest BCUT2D eigenvalue weighted by molar-refractivity contribution is 6.29. The van der Waals surface area contributed by atoms with E-state index >= 15 is 0 Å². The lowest BCUT2D eigenvalue weighted by Crippen LogP contribution is -2.15. The lowest BCUT2D eigenvalue weighted by molar-refractivity contribution is -0.117. The number of halogens is 3. The molecule has 0 aliphatic heterocycles. The molecule has 0 aliphatic rings. The fourth-order valence-electron chi connectivity index (χ4n) is 2.87. The van der Waals surface area contributed by atoms with Gasteiger partial charge in [0.25, 0.3) is 6.43 Å². The van der Waals surface area contributed by atoms with E-state index in [0.717, 1.165) is 0 Å². The molecule has 6 nitrogen and oxygen atoms in total. The Morgan fingerprint density at radius 2 is 2.07 bits per heavy atom. The van der Waals surface area contributed by atoms with Gasteiger partial charge in [-0.05, 0) is 24.6 Å². The molecule has 3 aromatic rings. The number of pyridine rings is 1. The van der Waals surface area contributed by atoms with Gasteiger partial charge in [0, 0.05) is 44.0 Å². The highest BCUT2D eigenvalue weighted by Crippen LogP contribution is 2.24. The first-order valence-electron chi connectivity index (χ1n) is 8.19. The molecule has 0 saturated carbocycles. The average Bonchev–Trinajstić information content (AvgIpc) is 3.01. The maximum atomic E-state index is 12.8. The third-order valence-corrected chi connectivity index (χ3v) is 4.35. The lowest BCUT2D eigenvalue weighted by atomic mass is 10.0. The zero-order valence-electron chi connectivity index (χ0n) is 14.7. The van der Waals surface area contributed by atoms with Crippen LogP contribution in [0, 0.1) is 0 Å². The fourth-order valence-corrected chi connectivity index (χ4v) is 3.04.